The lowest BCUT2D eigenvalue weighted by Gasteiger charge is -2.05. The first-order chi connectivity index (χ1) is 8.63. The molecular weight excluding hydrogens is 298 g/mol. The smallest absolute Gasteiger partial charge is 0.328 e. The molecule has 1 heterocycles. The van der Waals surface area contributed by atoms with Gasteiger partial charge in [-0.2, -0.15) is 5.10 Å². The lowest BCUT2D eigenvalue weighted by atomic mass is 10.2. The van der Waals surface area contributed by atoms with Crippen LogP contribution in [0.3, 0.4) is 0 Å². The van der Waals surface area contributed by atoms with Gasteiger partial charge in [0.15, 0.2) is 0 Å². The Morgan fingerprint density at radius 1 is 1.50 bits per heavy atom. The molecule has 0 unspecified atom stereocenters. The molecule has 94 valence electrons. The van der Waals surface area contributed by atoms with Gasteiger partial charge < -0.3 is 10.5 Å². The second kappa shape index (κ2) is 5.68. The third-order valence-corrected chi connectivity index (χ3v) is 2.73. The maximum absolute atomic E-state index is 11.5. The van der Waals surface area contributed by atoms with Crippen molar-refractivity contribution < 1.29 is 9.53 Å². The second-order valence-electron chi connectivity index (χ2n) is 3.76. The van der Waals surface area contributed by atoms with Crippen LogP contribution in [0.2, 0.25) is 0 Å². The molecule has 0 atom stereocenters. The van der Waals surface area contributed by atoms with Crippen LogP contribution < -0.4 is 5.73 Å². The number of nitrogens with zero attached hydrogens (tertiary/aromatic N) is 2. The molecule has 0 aliphatic carbocycles. The molecule has 0 amide bonds. The van der Waals surface area contributed by atoms with Gasteiger partial charge in [-0.1, -0.05) is 28.1 Å². The highest BCUT2D eigenvalue weighted by Crippen LogP contribution is 2.12. The number of ether oxygens (including phenoxy) is 1. The van der Waals surface area contributed by atoms with Crippen molar-refractivity contribution in [1.29, 1.82) is 0 Å². The van der Waals surface area contributed by atoms with E-state index in [0.29, 0.717) is 5.69 Å². The summed E-state index contributed by atoms with van der Waals surface area (Å²) in [6, 6.07) is 7.60. The van der Waals surface area contributed by atoms with Gasteiger partial charge in [-0.25, -0.2) is 0 Å². The van der Waals surface area contributed by atoms with E-state index in [-0.39, 0.29) is 19.1 Å². The number of nitrogen functional groups attached to an aromatic ring is 1. The van der Waals surface area contributed by atoms with Crippen molar-refractivity contribution in [2.75, 3.05) is 5.73 Å². The highest BCUT2D eigenvalue weighted by atomic mass is 79.9. The lowest BCUT2D eigenvalue weighted by molar-refractivity contribution is -0.145. The molecule has 6 heteroatoms. The quantitative estimate of drug-likeness (QED) is 0.877. The molecule has 0 aliphatic rings. The summed E-state index contributed by atoms with van der Waals surface area (Å²) in [5.74, 6) is -0.349. The van der Waals surface area contributed by atoms with Gasteiger partial charge in [0, 0.05) is 10.7 Å². The van der Waals surface area contributed by atoms with E-state index in [1.807, 2.05) is 24.3 Å². The number of hydrogen-bond donors (Lipinski definition) is 1. The van der Waals surface area contributed by atoms with E-state index in [9.17, 15) is 4.79 Å². The summed E-state index contributed by atoms with van der Waals surface area (Å²) in [6.45, 7) is 0.306. The summed E-state index contributed by atoms with van der Waals surface area (Å²) in [7, 11) is 0. The molecule has 1 aromatic carbocycles. The first-order valence-electron chi connectivity index (χ1n) is 5.31. The average Bonchev–Trinajstić information content (AvgIpc) is 2.72. The molecule has 0 saturated heterocycles. The Balaban J connectivity index is 1.85. The van der Waals surface area contributed by atoms with Gasteiger partial charge in [0.2, 0.25) is 0 Å². The number of esters is 1. The third-order valence-electron chi connectivity index (χ3n) is 2.23. The van der Waals surface area contributed by atoms with Crippen LogP contribution in [-0.4, -0.2) is 15.7 Å². The minimum Gasteiger partial charge on any atom is -0.459 e. The Hall–Kier alpha value is -1.82. The molecule has 0 saturated carbocycles. The fraction of sp³-hybridized carbons (Fsp3) is 0.167. The van der Waals surface area contributed by atoms with Crippen molar-refractivity contribution in [2.24, 2.45) is 0 Å². The number of aromatic nitrogens is 2. The van der Waals surface area contributed by atoms with Crippen LogP contribution in [-0.2, 0) is 22.7 Å². The van der Waals surface area contributed by atoms with Crippen LogP contribution >= 0.6 is 15.9 Å². The van der Waals surface area contributed by atoms with Gasteiger partial charge in [0.25, 0.3) is 0 Å². The van der Waals surface area contributed by atoms with Crippen molar-refractivity contribution in [3.63, 3.8) is 0 Å². The van der Waals surface area contributed by atoms with Crippen LogP contribution in [0.5, 0.6) is 0 Å². The minimum atomic E-state index is -0.349. The maximum Gasteiger partial charge on any atom is 0.328 e. The summed E-state index contributed by atoms with van der Waals surface area (Å²) < 4.78 is 7.53. The van der Waals surface area contributed by atoms with Crippen molar-refractivity contribution in [3.05, 3.63) is 46.7 Å². The molecule has 0 spiro atoms. The summed E-state index contributed by atoms with van der Waals surface area (Å²) in [6.07, 6.45) is 3.07. The van der Waals surface area contributed by atoms with Crippen LogP contribution in [0.25, 0.3) is 0 Å². The minimum absolute atomic E-state index is 0.0607. The first kappa shape index (κ1) is 12.6. The Morgan fingerprint density at radius 3 is 3.00 bits per heavy atom. The molecule has 2 aromatic rings. The molecule has 1 aromatic heterocycles. The monoisotopic (exact) mass is 309 g/mol. The molecule has 18 heavy (non-hydrogen) atoms. The van der Waals surface area contributed by atoms with E-state index in [1.165, 1.54) is 10.9 Å². The van der Waals surface area contributed by atoms with Crippen LogP contribution in [0.4, 0.5) is 5.69 Å². The number of rotatable bonds is 4. The van der Waals surface area contributed by atoms with Gasteiger partial charge in [0.05, 0.1) is 11.9 Å². The van der Waals surface area contributed by atoms with Gasteiger partial charge in [-0.3, -0.25) is 9.48 Å². The number of benzene rings is 1. The van der Waals surface area contributed by atoms with Crippen molar-refractivity contribution in [1.82, 2.24) is 9.78 Å². The Bertz CT molecular complexity index is 554. The molecule has 2 rings (SSSR count). The summed E-state index contributed by atoms with van der Waals surface area (Å²) in [4.78, 5) is 11.5. The number of carbonyl (C=O) groups is 1. The van der Waals surface area contributed by atoms with Crippen LogP contribution in [0.15, 0.2) is 41.1 Å². The number of anilines is 1. The fourth-order valence-electron chi connectivity index (χ4n) is 1.43. The number of hydrogen-bond acceptors (Lipinski definition) is 4. The van der Waals surface area contributed by atoms with Crippen LogP contribution in [0.1, 0.15) is 5.56 Å². The van der Waals surface area contributed by atoms with Gasteiger partial charge in [-0.05, 0) is 17.7 Å². The van der Waals surface area contributed by atoms with Gasteiger partial charge in [-0.15, -0.1) is 0 Å². The SMILES string of the molecule is Nc1cnn(CC(=O)OCc2cccc(Br)c2)c1. The molecule has 0 radical (unpaired) electrons. The summed E-state index contributed by atoms with van der Waals surface area (Å²) in [5.41, 5.74) is 6.95. The Morgan fingerprint density at radius 2 is 2.33 bits per heavy atom. The van der Waals surface area contributed by atoms with E-state index in [4.69, 9.17) is 10.5 Å². The predicted octanol–water partition coefficient (Wildman–Crippen LogP) is 1.97. The average molecular weight is 310 g/mol. The standard InChI is InChI=1S/C12H12BrN3O2/c13-10-3-1-2-9(4-10)8-18-12(17)7-16-6-11(14)5-15-16/h1-6H,7-8,14H2. The van der Waals surface area contributed by atoms with E-state index in [1.54, 1.807) is 6.20 Å². The van der Waals surface area contributed by atoms with Crippen molar-refractivity contribution >= 4 is 27.6 Å². The predicted molar refractivity (Wildman–Crippen MR) is 70.6 cm³/mol. The zero-order chi connectivity index (χ0) is 13.0. The number of carbonyl (C=O) groups excluding carboxylic acids is 1. The van der Waals surface area contributed by atoms with E-state index < -0.39 is 0 Å². The lowest BCUT2D eigenvalue weighted by Crippen LogP contribution is -2.13. The summed E-state index contributed by atoms with van der Waals surface area (Å²) in [5, 5.41) is 3.91. The molecule has 0 fully saturated rings. The second-order valence-corrected chi connectivity index (χ2v) is 4.68. The van der Waals surface area contributed by atoms with E-state index in [0.717, 1.165) is 10.0 Å². The van der Waals surface area contributed by atoms with Gasteiger partial charge >= 0.3 is 5.97 Å². The first-order valence-corrected chi connectivity index (χ1v) is 6.11. The highest BCUT2D eigenvalue weighted by Gasteiger charge is 2.05. The Kier molecular flexibility index (Phi) is 3.99. The molecule has 5 nitrogen and oxygen atoms in total. The fourth-order valence-corrected chi connectivity index (χ4v) is 1.88. The van der Waals surface area contributed by atoms with Crippen LogP contribution in [0, 0.1) is 0 Å². The zero-order valence-electron chi connectivity index (χ0n) is 9.54. The van der Waals surface area contributed by atoms with Crippen molar-refractivity contribution in [3.8, 4) is 0 Å². The molecule has 0 aliphatic heterocycles. The number of halogens is 1. The van der Waals surface area contributed by atoms with E-state index in [2.05, 4.69) is 21.0 Å². The number of nitrogens with two attached hydrogens (primary N) is 1. The zero-order valence-corrected chi connectivity index (χ0v) is 11.1. The topological polar surface area (TPSA) is 70.1 Å². The van der Waals surface area contributed by atoms with Crippen molar-refractivity contribution in [2.45, 2.75) is 13.2 Å². The van der Waals surface area contributed by atoms with E-state index >= 15 is 0 Å². The normalized spacial score (nSPS) is 10.3. The maximum atomic E-state index is 11.5. The molecule has 2 N–H and O–H groups in total. The highest BCUT2D eigenvalue weighted by molar-refractivity contribution is 9.10. The largest absolute Gasteiger partial charge is 0.459 e. The summed E-state index contributed by atoms with van der Waals surface area (Å²) >= 11 is 3.36. The molecular formula is C12H12BrN3O2. The third kappa shape index (κ3) is 3.59. The Labute approximate surface area is 113 Å². The molecule has 0 bridgehead atoms. The van der Waals surface area contributed by atoms with Gasteiger partial charge in [0.1, 0.15) is 13.2 Å².